The maximum Gasteiger partial charge on any atom is 0.308 e. The SMILES string of the molecule is CCCCCCCOC(=O)CCCCCCCCCCCCCCCC(C)C(=O)OCCCCCCC. The third kappa shape index (κ3) is 27.8. The lowest BCUT2D eigenvalue weighted by atomic mass is 10.0. The molecule has 0 saturated heterocycles. The second kappa shape index (κ2) is 29.5. The van der Waals surface area contributed by atoms with Gasteiger partial charge < -0.3 is 9.47 Å². The molecule has 0 aromatic rings. The first-order valence-electron chi connectivity index (χ1n) is 16.4. The first-order chi connectivity index (χ1) is 18.1. The molecule has 37 heavy (non-hydrogen) atoms. The average molecular weight is 525 g/mol. The number of ether oxygens (including phenoxy) is 2. The fraction of sp³-hybridized carbons (Fsp3) is 0.939. The number of carbonyl (C=O) groups is 2. The summed E-state index contributed by atoms with van der Waals surface area (Å²) >= 11 is 0. The van der Waals surface area contributed by atoms with Crippen LogP contribution in [0.5, 0.6) is 0 Å². The summed E-state index contributed by atoms with van der Waals surface area (Å²) in [4.78, 5) is 23.8. The lowest BCUT2D eigenvalue weighted by molar-refractivity contribution is -0.148. The first kappa shape index (κ1) is 35.9. The molecule has 1 unspecified atom stereocenters. The highest BCUT2D eigenvalue weighted by atomic mass is 16.5. The molecule has 0 rings (SSSR count). The van der Waals surface area contributed by atoms with Crippen LogP contribution in [0, 0.1) is 5.92 Å². The second-order valence-electron chi connectivity index (χ2n) is 11.3. The van der Waals surface area contributed by atoms with Crippen LogP contribution in [0.15, 0.2) is 0 Å². The van der Waals surface area contributed by atoms with Gasteiger partial charge in [0.15, 0.2) is 0 Å². The van der Waals surface area contributed by atoms with Crippen molar-refractivity contribution in [3.8, 4) is 0 Å². The molecular weight excluding hydrogens is 460 g/mol. The van der Waals surface area contributed by atoms with Gasteiger partial charge >= 0.3 is 11.9 Å². The van der Waals surface area contributed by atoms with Crippen molar-refractivity contribution in [2.75, 3.05) is 13.2 Å². The molecule has 4 nitrogen and oxygen atoms in total. The number of hydrogen-bond acceptors (Lipinski definition) is 4. The molecule has 0 N–H and O–H groups in total. The Kier molecular flexibility index (Phi) is 28.7. The molecule has 0 saturated carbocycles. The van der Waals surface area contributed by atoms with Gasteiger partial charge in [-0.05, 0) is 25.7 Å². The average Bonchev–Trinajstić information content (AvgIpc) is 2.90. The Morgan fingerprint density at radius 3 is 1.35 bits per heavy atom. The number of carbonyl (C=O) groups excluding carboxylic acids is 2. The van der Waals surface area contributed by atoms with E-state index in [1.54, 1.807) is 0 Å². The van der Waals surface area contributed by atoms with Gasteiger partial charge in [-0.15, -0.1) is 0 Å². The third-order valence-corrected chi connectivity index (χ3v) is 7.42. The maximum atomic E-state index is 12.1. The maximum absolute atomic E-state index is 12.1. The van der Waals surface area contributed by atoms with E-state index in [4.69, 9.17) is 9.47 Å². The van der Waals surface area contributed by atoms with Gasteiger partial charge in [-0.25, -0.2) is 0 Å². The summed E-state index contributed by atoms with van der Waals surface area (Å²) in [5, 5.41) is 0. The Labute approximate surface area is 231 Å². The predicted octanol–water partition coefficient (Wildman–Crippen LogP) is 10.5. The molecular formula is C33H64O4. The normalized spacial score (nSPS) is 12.0. The van der Waals surface area contributed by atoms with Gasteiger partial charge in [-0.1, -0.05) is 149 Å². The van der Waals surface area contributed by atoms with E-state index in [2.05, 4.69) is 13.8 Å². The molecule has 1 atom stereocenters. The summed E-state index contributed by atoms with van der Waals surface area (Å²) in [6, 6.07) is 0. The van der Waals surface area contributed by atoms with Crippen molar-refractivity contribution in [3.05, 3.63) is 0 Å². The number of unbranched alkanes of at least 4 members (excludes halogenated alkanes) is 20. The topological polar surface area (TPSA) is 52.6 Å². The van der Waals surface area contributed by atoms with Crippen molar-refractivity contribution in [1.29, 1.82) is 0 Å². The fourth-order valence-corrected chi connectivity index (χ4v) is 4.77. The molecule has 220 valence electrons. The number of hydrogen-bond donors (Lipinski definition) is 0. The van der Waals surface area contributed by atoms with Crippen molar-refractivity contribution in [3.63, 3.8) is 0 Å². The Bertz CT molecular complexity index is 491. The van der Waals surface area contributed by atoms with E-state index in [1.165, 1.54) is 116 Å². The molecule has 0 fully saturated rings. The van der Waals surface area contributed by atoms with Gasteiger partial charge in [0.05, 0.1) is 19.1 Å². The van der Waals surface area contributed by atoms with Gasteiger partial charge in [0.25, 0.3) is 0 Å². The Balaban J connectivity index is 3.28. The zero-order valence-corrected chi connectivity index (χ0v) is 25.3. The highest BCUT2D eigenvalue weighted by Gasteiger charge is 2.13. The van der Waals surface area contributed by atoms with Gasteiger partial charge in [0.1, 0.15) is 0 Å². The van der Waals surface area contributed by atoms with Crippen LogP contribution in [0.2, 0.25) is 0 Å². The summed E-state index contributed by atoms with van der Waals surface area (Å²) in [5.74, 6) is 0.0482. The third-order valence-electron chi connectivity index (χ3n) is 7.42. The van der Waals surface area contributed by atoms with Crippen molar-refractivity contribution in [1.82, 2.24) is 0 Å². The van der Waals surface area contributed by atoms with E-state index in [0.29, 0.717) is 19.6 Å². The molecule has 0 amide bonds. The molecule has 4 heteroatoms. The molecule has 0 aliphatic carbocycles. The van der Waals surface area contributed by atoms with Crippen LogP contribution in [0.3, 0.4) is 0 Å². The molecule has 0 bridgehead atoms. The Morgan fingerprint density at radius 2 is 0.865 bits per heavy atom. The van der Waals surface area contributed by atoms with Crippen LogP contribution in [-0.4, -0.2) is 25.2 Å². The molecule has 0 heterocycles. The van der Waals surface area contributed by atoms with E-state index >= 15 is 0 Å². The lowest BCUT2D eigenvalue weighted by Crippen LogP contribution is -2.15. The zero-order valence-electron chi connectivity index (χ0n) is 25.3. The molecule has 0 aliphatic heterocycles. The van der Waals surface area contributed by atoms with E-state index in [9.17, 15) is 9.59 Å². The molecule has 0 radical (unpaired) electrons. The smallest absolute Gasteiger partial charge is 0.308 e. The van der Waals surface area contributed by atoms with Crippen LogP contribution in [0.4, 0.5) is 0 Å². The van der Waals surface area contributed by atoms with Crippen LogP contribution in [0.1, 0.15) is 181 Å². The molecule has 0 aliphatic rings. The summed E-state index contributed by atoms with van der Waals surface area (Å²) in [7, 11) is 0. The molecule has 0 aromatic heterocycles. The van der Waals surface area contributed by atoms with E-state index in [-0.39, 0.29) is 17.9 Å². The second-order valence-corrected chi connectivity index (χ2v) is 11.3. The zero-order chi connectivity index (χ0) is 27.2. The highest BCUT2D eigenvalue weighted by molar-refractivity contribution is 5.71. The standard InChI is InChI=1S/C33H64O4/c1-4-6-8-21-25-29-36-32(34)28-24-20-18-16-14-12-10-11-13-15-17-19-23-27-31(3)33(35)37-30-26-22-9-7-5-2/h31H,4-30H2,1-3H3. The van der Waals surface area contributed by atoms with Crippen molar-refractivity contribution >= 4 is 11.9 Å². The van der Waals surface area contributed by atoms with Crippen LogP contribution < -0.4 is 0 Å². The van der Waals surface area contributed by atoms with Crippen molar-refractivity contribution in [2.45, 2.75) is 181 Å². The van der Waals surface area contributed by atoms with E-state index in [0.717, 1.165) is 38.5 Å². The largest absolute Gasteiger partial charge is 0.466 e. The lowest BCUT2D eigenvalue weighted by Gasteiger charge is -2.11. The summed E-state index contributed by atoms with van der Waals surface area (Å²) in [6.45, 7) is 7.66. The summed E-state index contributed by atoms with van der Waals surface area (Å²) < 4.78 is 10.8. The molecule has 0 aromatic carbocycles. The van der Waals surface area contributed by atoms with Gasteiger partial charge in [-0.2, -0.15) is 0 Å². The van der Waals surface area contributed by atoms with Crippen LogP contribution in [0.25, 0.3) is 0 Å². The Morgan fingerprint density at radius 1 is 0.486 bits per heavy atom. The molecule has 0 spiro atoms. The minimum Gasteiger partial charge on any atom is -0.466 e. The van der Waals surface area contributed by atoms with Crippen molar-refractivity contribution in [2.24, 2.45) is 5.92 Å². The minimum atomic E-state index is -0.00370. The first-order valence-corrected chi connectivity index (χ1v) is 16.4. The van der Waals surface area contributed by atoms with Crippen LogP contribution in [-0.2, 0) is 19.1 Å². The van der Waals surface area contributed by atoms with Gasteiger partial charge in [0.2, 0.25) is 0 Å². The minimum absolute atomic E-state index is 0.00138. The Hall–Kier alpha value is -1.06. The highest BCUT2D eigenvalue weighted by Crippen LogP contribution is 2.16. The van der Waals surface area contributed by atoms with Gasteiger partial charge in [-0.3, -0.25) is 9.59 Å². The van der Waals surface area contributed by atoms with Crippen molar-refractivity contribution < 1.29 is 19.1 Å². The summed E-state index contributed by atoms with van der Waals surface area (Å²) in [6.07, 6.45) is 29.9. The predicted molar refractivity (Wildman–Crippen MR) is 158 cm³/mol. The number of rotatable bonds is 29. The van der Waals surface area contributed by atoms with Gasteiger partial charge in [0, 0.05) is 6.42 Å². The fourth-order valence-electron chi connectivity index (χ4n) is 4.77. The quantitative estimate of drug-likeness (QED) is 0.0721. The van der Waals surface area contributed by atoms with E-state index in [1.807, 2.05) is 6.92 Å². The number of esters is 2. The van der Waals surface area contributed by atoms with Crippen LogP contribution >= 0.6 is 0 Å². The van der Waals surface area contributed by atoms with E-state index < -0.39 is 0 Å². The summed E-state index contributed by atoms with van der Waals surface area (Å²) in [5.41, 5.74) is 0. The monoisotopic (exact) mass is 524 g/mol.